The smallest absolute Gasteiger partial charge is 0.263 e. The molecule has 0 unspecified atom stereocenters. The maximum absolute atomic E-state index is 13.1. The predicted octanol–water partition coefficient (Wildman–Crippen LogP) is 2.19. The van der Waals surface area contributed by atoms with E-state index in [1.165, 1.54) is 23.0 Å². The number of hydrogen-bond acceptors (Lipinski definition) is 8. The van der Waals surface area contributed by atoms with Crippen LogP contribution in [0.15, 0.2) is 52.0 Å². The van der Waals surface area contributed by atoms with Crippen LogP contribution in [0.4, 0.5) is 10.2 Å². The van der Waals surface area contributed by atoms with Crippen molar-refractivity contribution in [2.45, 2.75) is 25.0 Å². The van der Waals surface area contributed by atoms with Gasteiger partial charge in [-0.25, -0.2) is 14.4 Å². The van der Waals surface area contributed by atoms with Crippen LogP contribution in [0, 0.1) is 5.82 Å². The highest BCUT2D eigenvalue weighted by Gasteiger charge is 2.31. The summed E-state index contributed by atoms with van der Waals surface area (Å²) in [5.74, 6) is 0.782. The summed E-state index contributed by atoms with van der Waals surface area (Å²) in [7, 11) is 0. The van der Waals surface area contributed by atoms with Crippen molar-refractivity contribution in [1.82, 2.24) is 24.7 Å². The van der Waals surface area contributed by atoms with Gasteiger partial charge in [0, 0.05) is 5.92 Å². The molecule has 1 aliphatic rings. The molecule has 152 valence electrons. The van der Waals surface area contributed by atoms with Gasteiger partial charge in [0.05, 0.1) is 18.1 Å². The number of benzene rings is 1. The van der Waals surface area contributed by atoms with Gasteiger partial charge in [-0.2, -0.15) is 4.98 Å². The molecule has 30 heavy (non-hydrogen) atoms. The molecule has 0 aliphatic carbocycles. The number of nitrogens with zero attached hydrogens (tertiary/aromatic N) is 5. The molecule has 2 atom stereocenters. The third kappa shape index (κ3) is 3.41. The van der Waals surface area contributed by atoms with Gasteiger partial charge in [-0.3, -0.25) is 9.36 Å². The van der Waals surface area contributed by atoms with Gasteiger partial charge in [0.15, 0.2) is 11.5 Å². The molecule has 0 bridgehead atoms. The van der Waals surface area contributed by atoms with Gasteiger partial charge in [0.1, 0.15) is 24.5 Å². The number of ether oxygens (including phenoxy) is 1. The van der Waals surface area contributed by atoms with Gasteiger partial charge < -0.3 is 15.0 Å². The molecule has 9 nitrogen and oxygen atoms in total. The summed E-state index contributed by atoms with van der Waals surface area (Å²) in [5, 5.41) is 4.41. The second-order valence-corrected chi connectivity index (χ2v) is 7.14. The van der Waals surface area contributed by atoms with E-state index in [1.807, 2.05) is 0 Å². The molecular formula is C20H17FN6O3. The SMILES string of the molecule is Nc1ccc2c(=O)n(Cc3nc([C@@H]4CO[C@@H](c5ccc(F)cc5)C4)no3)cnc2n1. The molecular weight excluding hydrogens is 391 g/mol. The maximum atomic E-state index is 13.1. The van der Waals surface area contributed by atoms with Crippen LogP contribution in [-0.4, -0.2) is 31.3 Å². The number of fused-ring (bicyclic) bond motifs is 1. The minimum atomic E-state index is -0.284. The molecule has 0 spiro atoms. The van der Waals surface area contributed by atoms with Crippen LogP contribution in [0.25, 0.3) is 11.0 Å². The van der Waals surface area contributed by atoms with Crippen molar-refractivity contribution >= 4 is 16.9 Å². The van der Waals surface area contributed by atoms with E-state index in [0.29, 0.717) is 35.9 Å². The molecule has 5 rings (SSSR count). The lowest BCUT2D eigenvalue weighted by atomic mass is 10.00. The first kappa shape index (κ1) is 18.4. The number of anilines is 1. The molecule has 0 saturated carbocycles. The van der Waals surface area contributed by atoms with Crippen LogP contribution in [0.1, 0.15) is 35.7 Å². The van der Waals surface area contributed by atoms with Crippen molar-refractivity contribution in [1.29, 1.82) is 0 Å². The number of hydrogen-bond donors (Lipinski definition) is 1. The zero-order chi connectivity index (χ0) is 20.7. The van der Waals surface area contributed by atoms with E-state index in [9.17, 15) is 9.18 Å². The summed E-state index contributed by atoms with van der Waals surface area (Å²) in [6, 6.07) is 9.40. The van der Waals surface area contributed by atoms with Crippen molar-refractivity contribution in [2.75, 3.05) is 12.3 Å². The highest BCUT2D eigenvalue weighted by molar-refractivity contribution is 5.74. The number of aromatic nitrogens is 5. The quantitative estimate of drug-likeness (QED) is 0.545. The first-order valence-corrected chi connectivity index (χ1v) is 9.38. The van der Waals surface area contributed by atoms with Gasteiger partial charge in [-0.1, -0.05) is 17.3 Å². The first-order valence-electron chi connectivity index (χ1n) is 9.38. The Morgan fingerprint density at radius 1 is 1.17 bits per heavy atom. The third-order valence-electron chi connectivity index (χ3n) is 5.10. The molecule has 1 aromatic carbocycles. The summed E-state index contributed by atoms with van der Waals surface area (Å²) in [6.45, 7) is 0.527. The van der Waals surface area contributed by atoms with Crippen molar-refractivity contribution in [3.63, 3.8) is 0 Å². The molecule has 1 fully saturated rings. The van der Waals surface area contributed by atoms with Crippen LogP contribution < -0.4 is 11.3 Å². The van der Waals surface area contributed by atoms with Crippen LogP contribution in [0.3, 0.4) is 0 Å². The van der Waals surface area contributed by atoms with Gasteiger partial charge in [-0.05, 0) is 36.2 Å². The number of nitrogen functional groups attached to an aromatic ring is 1. The number of nitrogens with two attached hydrogens (primary N) is 1. The van der Waals surface area contributed by atoms with E-state index in [4.69, 9.17) is 15.0 Å². The Balaban J connectivity index is 1.32. The first-order chi connectivity index (χ1) is 14.6. The predicted molar refractivity (Wildman–Crippen MR) is 104 cm³/mol. The number of rotatable bonds is 4. The minimum Gasteiger partial charge on any atom is -0.384 e. The Morgan fingerprint density at radius 3 is 2.83 bits per heavy atom. The summed E-state index contributed by atoms with van der Waals surface area (Å²) in [6.07, 6.45) is 1.89. The highest BCUT2D eigenvalue weighted by atomic mass is 19.1. The van der Waals surface area contributed by atoms with Gasteiger partial charge in [-0.15, -0.1) is 0 Å². The Morgan fingerprint density at radius 2 is 2.00 bits per heavy atom. The largest absolute Gasteiger partial charge is 0.384 e. The topological polar surface area (TPSA) is 122 Å². The normalized spacial score (nSPS) is 18.8. The Bertz CT molecular complexity index is 1270. The van der Waals surface area contributed by atoms with Crippen molar-refractivity contribution in [2.24, 2.45) is 0 Å². The second-order valence-electron chi connectivity index (χ2n) is 7.14. The molecule has 1 aliphatic heterocycles. The standard InChI is InChI=1S/C20H17FN6O3/c21-13-3-1-11(2-4-13)15-7-12(9-29-15)18-25-17(30-26-18)8-27-10-23-19-14(20(27)28)5-6-16(22)24-19/h1-6,10,12,15H,7-9H2,(H2,22,24)/t12-,15+/m0/s1. The molecule has 3 aromatic heterocycles. The van der Waals surface area contributed by atoms with Gasteiger partial charge in [0.25, 0.3) is 5.56 Å². The lowest BCUT2D eigenvalue weighted by molar-refractivity contribution is 0.110. The molecule has 4 aromatic rings. The Labute approximate surface area is 169 Å². The lowest BCUT2D eigenvalue weighted by Crippen LogP contribution is -2.21. The van der Waals surface area contributed by atoms with Crippen molar-refractivity contribution in [3.05, 3.63) is 76.2 Å². The molecule has 10 heteroatoms. The summed E-state index contributed by atoms with van der Waals surface area (Å²) >= 11 is 0. The lowest BCUT2D eigenvalue weighted by Gasteiger charge is -2.08. The van der Waals surface area contributed by atoms with Crippen LogP contribution in [0.5, 0.6) is 0 Å². The Kier molecular flexibility index (Phi) is 4.47. The monoisotopic (exact) mass is 408 g/mol. The zero-order valence-electron chi connectivity index (χ0n) is 15.7. The molecule has 0 amide bonds. The van der Waals surface area contributed by atoms with E-state index >= 15 is 0 Å². The fourth-order valence-corrected chi connectivity index (χ4v) is 3.53. The average Bonchev–Trinajstić information content (AvgIpc) is 3.40. The Hall–Kier alpha value is -3.66. The van der Waals surface area contributed by atoms with E-state index in [2.05, 4.69) is 20.1 Å². The van der Waals surface area contributed by atoms with Crippen LogP contribution in [0.2, 0.25) is 0 Å². The fraction of sp³-hybridized carbons (Fsp3) is 0.250. The summed E-state index contributed by atoms with van der Waals surface area (Å²) < 4.78 is 25.7. The van der Waals surface area contributed by atoms with Crippen molar-refractivity contribution in [3.8, 4) is 0 Å². The van der Waals surface area contributed by atoms with Crippen molar-refractivity contribution < 1.29 is 13.7 Å². The van der Waals surface area contributed by atoms with E-state index < -0.39 is 0 Å². The van der Waals surface area contributed by atoms with Gasteiger partial charge >= 0.3 is 0 Å². The van der Waals surface area contributed by atoms with E-state index in [-0.39, 0.29) is 35.6 Å². The maximum Gasteiger partial charge on any atom is 0.263 e. The van der Waals surface area contributed by atoms with E-state index in [0.717, 1.165) is 5.56 Å². The minimum absolute atomic E-state index is 0.0452. The second kappa shape index (κ2) is 7.30. The highest BCUT2D eigenvalue weighted by Crippen LogP contribution is 2.37. The van der Waals surface area contributed by atoms with Gasteiger partial charge in [0.2, 0.25) is 5.89 Å². The summed E-state index contributed by atoms with van der Waals surface area (Å²) in [5.41, 5.74) is 6.56. The molecule has 0 radical (unpaired) electrons. The van der Waals surface area contributed by atoms with Crippen LogP contribution in [-0.2, 0) is 11.3 Å². The molecule has 1 saturated heterocycles. The zero-order valence-corrected chi connectivity index (χ0v) is 15.7. The summed E-state index contributed by atoms with van der Waals surface area (Å²) in [4.78, 5) is 25.3. The average molecular weight is 408 g/mol. The third-order valence-corrected chi connectivity index (χ3v) is 5.10. The fourth-order valence-electron chi connectivity index (χ4n) is 3.53. The van der Waals surface area contributed by atoms with E-state index in [1.54, 1.807) is 24.3 Å². The molecule has 2 N–H and O–H groups in total. The molecule has 4 heterocycles. The number of halogens is 1. The number of pyridine rings is 1. The van der Waals surface area contributed by atoms with Crippen LogP contribution >= 0.6 is 0 Å².